The number of hydrogen-bond acceptors (Lipinski definition) is 4. The minimum absolute atomic E-state index is 0.353. The van der Waals surface area contributed by atoms with Gasteiger partial charge in [0.25, 0.3) is 0 Å². The van der Waals surface area contributed by atoms with Gasteiger partial charge in [-0.1, -0.05) is 0 Å². The zero-order valence-corrected chi connectivity index (χ0v) is 10.8. The van der Waals surface area contributed by atoms with Gasteiger partial charge in [-0.2, -0.15) is 11.8 Å². The van der Waals surface area contributed by atoms with Crippen LogP contribution in [0.15, 0.2) is 0 Å². The molecule has 0 aromatic heterocycles. The molecule has 1 saturated carbocycles. The number of methoxy groups -OCH3 is 1. The van der Waals surface area contributed by atoms with Crippen LogP contribution in [-0.4, -0.2) is 61.0 Å². The fraction of sp³-hybridized carbons (Fsp3) is 1.00. The molecule has 1 rings (SSSR count). The molecule has 0 unspecified atom stereocenters. The number of aliphatic hydroxyl groups is 1. The van der Waals surface area contributed by atoms with Gasteiger partial charge in [-0.15, -0.1) is 0 Å². The topological polar surface area (TPSA) is 32.7 Å². The molecule has 1 fully saturated rings. The lowest BCUT2D eigenvalue weighted by Gasteiger charge is -2.26. The van der Waals surface area contributed by atoms with Crippen molar-refractivity contribution in [3.05, 3.63) is 0 Å². The fourth-order valence-electron chi connectivity index (χ4n) is 2.26. The fourth-order valence-corrected chi connectivity index (χ4v) is 3.04. The summed E-state index contributed by atoms with van der Waals surface area (Å²) in [7, 11) is 3.73. The second-order valence-corrected chi connectivity index (χ2v) is 5.51. The molecule has 0 heterocycles. The minimum atomic E-state index is -0.353. The molecule has 15 heavy (non-hydrogen) atoms. The normalized spacial score (nSPS) is 28.6. The van der Waals surface area contributed by atoms with Gasteiger partial charge >= 0.3 is 0 Å². The van der Waals surface area contributed by atoms with Gasteiger partial charge in [-0.05, 0) is 32.6 Å². The van der Waals surface area contributed by atoms with Gasteiger partial charge in [-0.25, -0.2) is 0 Å². The Labute approximate surface area is 97.2 Å². The van der Waals surface area contributed by atoms with Crippen LogP contribution < -0.4 is 0 Å². The number of thioether (sulfide) groups is 1. The first-order chi connectivity index (χ1) is 7.17. The summed E-state index contributed by atoms with van der Waals surface area (Å²) in [6.45, 7) is 1.16. The van der Waals surface area contributed by atoms with Crippen LogP contribution in [0.3, 0.4) is 0 Å². The molecule has 0 bridgehead atoms. The maximum atomic E-state index is 9.63. The van der Waals surface area contributed by atoms with Crippen molar-refractivity contribution in [3.8, 4) is 0 Å². The van der Waals surface area contributed by atoms with Crippen LogP contribution in [-0.2, 0) is 4.74 Å². The van der Waals surface area contributed by atoms with Gasteiger partial charge in [0, 0.05) is 24.9 Å². The zero-order chi connectivity index (χ0) is 11.3. The van der Waals surface area contributed by atoms with E-state index in [2.05, 4.69) is 18.2 Å². The average Bonchev–Trinajstić information content (AvgIpc) is 2.66. The van der Waals surface area contributed by atoms with E-state index in [0.29, 0.717) is 12.6 Å². The van der Waals surface area contributed by atoms with E-state index in [1.54, 1.807) is 7.11 Å². The highest BCUT2D eigenvalue weighted by atomic mass is 32.2. The standard InChI is InChI=1S/C11H23NO2S/c1-12(7-10(13)8-14-2)9-4-5-11(6-9)15-3/h9-11,13H,4-8H2,1-3H3/t9-,10-,11-/m1/s1. The number of ether oxygens (including phenoxy) is 1. The summed E-state index contributed by atoms with van der Waals surface area (Å²) in [6.07, 6.45) is 5.68. The SMILES string of the molecule is COC[C@H](O)CN(C)[C@@H]1CC[C@@H](SC)C1. The number of nitrogens with zero attached hydrogens (tertiary/aromatic N) is 1. The summed E-state index contributed by atoms with van der Waals surface area (Å²) in [6, 6.07) is 0.647. The maximum absolute atomic E-state index is 9.63. The van der Waals surface area contributed by atoms with Crippen LogP contribution in [0.4, 0.5) is 0 Å². The number of likely N-dealkylation sites (N-methyl/N-ethyl adjacent to an activating group) is 1. The summed E-state index contributed by atoms with van der Waals surface area (Å²) in [4.78, 5) is 2.28. The monoisotopic (exact) mass is 233 g/mol. The highest BCUT2D eigenvalue weighted by molar-refractivity contribution is 7.99. The molecule has 1 aliphatic carbocycles. The molecule has 3 atom stereocenters. The molecular formula is C11H23NO2S. The van der Waals surface area contributed by atoms with Crippen molar-refractivity contribution in [1.82, 2.24) is 4.90 Å². The van der Waals surface area contributed by atoms with Crippen molar-refractivity contribution in [2.75, 3.05) is 33.6 Å². The Morgan fingerprint density at radius 3 is 2.80 bits per heavy atom. The van der Waals surface area contributed by atoms with E-state index in [-0.39, 0.29) is 6.10 Å². The summed E-state index contributed by atoms with van der Waals surface area (Å²) in [5.74, 6) is 0. The van der Waals surface area contributed by atoms with Crippen LogP contribution in [0.1, 0.15) is 19.3 Å². The van der Waals surface area contributed by atoms with Crippen LogP contribution in [0.25, 0.3) is 0 Å². The van der Waals surface area contributed by atoms with E-state index in [0.717, 1.165) is 11.8 Å². The summed E-state index contributed by atoms with van der Waals surface area (Å²) < 4.78 is 4.93. The molecule has 3 nitrogen and oxygen atoms in total. The van der Waals surface area contributed by atoms with Gasteiger partial charge in [-0.3, -0.25) is 0 Å². The first-order valence-corrected chi connectivity index (χ1v) is 6.86. The summed E-state index contributed by atoms with van der Waals surface area (Å²) >= 11 is 1.97. The molecule has 90 valence electrons. The number of hydrogen-bond donors (Lipinski definition) is 1. The van der Waals surface area contributed by atoms with E-state index in [9.17, 15) is 5.11 Å². The molecular weight excluding hydrogens is 210 g/mol. The predicted molar refractivity (Wildman–Crippen MR) is 65.5 cm³/mol. The lowest BCUT2D eigenvalue weighted by Crippen LogP contribution is -2.38. The largest absolute Gasteiger partial charge is 0.389 e. The second-order valence-electron chi connectivity index (χ2n) is 4.37. The third-order valence-electron chi connectivity index (χ3n) is 3.17. The molecule has 0 saturated heterocycles. The number of aliphatic hydroxyl groups excluding tert-OH is 1. The van der Waals surface area contributed by atoms with Gasteiger partial charge in [0.1, 0.15) is 0 Å². The van der Waals surface area contributed by atoms with Gasteiger partial charge in [0.05, 0.1) is 12.7 Å². The summed E-state index contributed by atoms with van der Waals surface area (Å²) in [5, 5.41) is 10.4. The van der Waals surface area contributed by atoms with Crippen molar-refractivity contribution >= 4 is 11.8 Å². The zero-order valence-electron chi connectivity index (χ0n) is 9.98. The molecule has 1 N–H and O–H groups in total. The van der Waals surface area contributed by atoms with Crippen LogP contribution in [0.2, 0.25) is 0 Å². The smallest absolute Gasteiger partial charge is 0.0900 e. The molecule has 0 radical (unpaired) electrons. The van der Waals surface area contributed by atoms with Crippen molar-refractivity contribution in [3.63, 3.8) is 0 Å². The Balaban J connectivity index is 2.25. The van der Waals surface area contributed by atoms with Crippen molar-refractivity contribution in [2.45, 2.75) is 36.7 Å². The third-order valence-corrected chi connectivity index (χ3v) is 4.27. The van der Waals surface area contributed by atoms with Crippen molar-refractivity contribution < 1.29 is 9.84 Å². The van der Waals surface area contributed by atoms with E-state index in [1.165, 1.54) is 19.3 Å². The van der Waals surface area contributed by atoms with E-state index >= 15 is 0 Å². The molecule has 0 aliphatic heterocycles. The van der Waals surface area contributed by atoms with Gasteiger partial charge < -0.3 is 14.7 Å². The number of rotatable bonds is 6. The quantitative estimate of drug-likeness (QED) is 0.747. The molecule has 0 aromatic carbocycles. The molecule has 1 aliphatic rings. The first kappa shape index (κ1) is 13.3. The highest BCUT2D eigenvalue weighted by Gasteiger charge is 2.27. The van der Waals surface area contributed by atoms with Gasteiger partial charge in [0.15, 0.2) is 0 Å². The molecule has 4 heteroatoms. The highest BCUT2D eigenvalue weighted by Crippen LogP contribution is 2.30. The van der Waals surface area contributed by atoms with Crippen LogP contribution in [0, 0.1) is 0 Å². The Hall–Kier alpha value is 0.230. The Morgan fingerprint density at radius 2 is 2.27 bits per heavy atom. The maximum Gasteiger partial charge on any atom is 0.0900 e. The predicted octanol–water partition coefficient (Wildman–Crippen LogP) is 1.21. The average molecular weight is 233 g/mol. The van der Waals surface area contributed by atoms with Crippen molar-refractivity contribution in [2.24, 2.45) is 0 Å². The first-order valence-electron chi connectivity index (χ1n) is 5.57. The van der Waals surface area contributed by atoms with Crippen LogP contribution in [0.5, 0.6) is 0 Å². The Kier molecular flexibility index (Phi) is 5.97. The minimum Gasteiger partial charge on any atom is -0.389 e. The van der Waals surface area contributed by atoms with E-state index in [1.807, 2.05) is 11.8 Å². The Bertz CT molecular complexity index is 180. The molecule has 0 spiro atoms. The van der Waals surface area contributed by atoms with E-state index < -0.39 is 0 Å². The second kappa shape index (κ2) is 6.74. The van der Waals surface area contributed by atoms with E-state index in [4.69, 9.17) is 4.74 Å². The Morgan fingerprint density at radius 1 is 1.53 bits per heavy atom. The lowest BCUT2D eigenvalue weighted by atomic mass is 10.2. The van der Waals surface area contributed by atoms with Gasteiger partial charge in [0.2, 0.25) is 0 Å². The molecule has 0 aromatic rings. The van der Waals surface area contributed by atoms with Crippen molar-refractivity contribution in [1.29, 1.82) is 0 Å². The lowest BCUT2D eigenvalue weighted by molar-refractivity contribution is 0.0348. The third kappa shape index (κ3) is 4.31. The van der Waals surface area contributed by atoms with Crippen LogP contribution >= 0.6 is 11.8 Å². The molecule has 0 amide bonds. The summed E-state index contributed by atoms with van der Waals surface area (Å²) in [5.41, 5.74) is 0.